The SMILES string of the molecule is CCC1C[C@@H](C(=O)O)n2c1cc(-c1cc(Cl)ccc1N=[N+]=N)cc2=O. The average Bonchev–Trinajstić information content (AvgIpc) is 2.96. The number of aliphatic carboxylic acids is 1. The molecule has 0 bridgehead atoms. The van der Waals surface area contributed by atoms with Gasteiger partial charge in [-0.05, 0) is 42.7 Å². The van der Waals surface area contributed by atoms with Crippen molar-refractivity contribution in [3.8, 4) is 11.1 Å². The van der Waals surface area contributed by atoms with Crippen molar-refractivity contribution < 1.29 is 9.90 Å². The summed E-state index contributed by atoms with van der Waals surface area (Å²) in [6, 6.07) is 7.26. The summed E-state index contributed by atoms with van der Waals surface area (Å²) in [4.78, 5) is 27.2. The Kier molecular flexibility index (Phi) is 4.53. The number of aromatic nitrogens is 1. The Morgan fingerprint density at radius 3 is 2.84 bits per heavy atom. The molecule has 2 heterocycles. The molecule has 2 aromatic rings. The lowest BCUT2D eigenvalue weighted by molar-refractivity contribution is -0.140. The van der Waals surface area contributed by atoms with Crippen LogP contribution in [0, 0.1) is 5.53 Å². The Balaban J connectivity index is 2.24. The number of carboxylic acid groups (broad SMARTS) is 1. The average molecular weight is 360 g/mol. The van der Waals surface area contributed by atoms with Crippen molar-refractivity contribution in [3.63, 3.8) is 0 Å². The van der Waals surface area contributed by atoms with Gasteiger partial charge >= 0.3 is 5.97 Å². The predicted octanol–water partition coefficient (Wildman–Crippen LogP) is 3.87. The summed E-state index contributed by atoms with van der Waals surface area (Å²) in [7, 11) is 0. The summed E-state index contributed by atoms with van der Waals surface area (Å²) in [5.41, 5.74) is 8.87. The van der Waals surface area contributed by atoms with Gasteiger partial charge in [0.25, 0.3) is 5.56 Å². The molecule has 0 radical (unpaired) electrons. The third kappa shape index (κ3) is 2.99. The van der Waals surface area contributed by atoms with E-state index in [-0.39, 0.29) is 11.5 Å². The first-order valence-electron chi connectivity index (χ1n) is 7.83. The highest BCUT2D eigenvalue weighted by Gasteiger charge is 2.35. The molecular formula is C17H16ClN4O3+. The van der Waals surface area contributed by atoms with Crippen LogP contribution in [0.15, 0.2) is 40.2 Å². The fraction of sp³-hybridized carbons (Fsp3) is 0.294. The minimum absolute atomic E-state index is 0.00538. The summed E-state index contributed by atoms with van der Waals surface area (Å²) in [5, 5.41) is 13.6. The van der Waals surface area contributed by atoms with Crippen molar-refractivity contribution in [1.82, 2.24) is 9.48 Å². The number of pyridine rings is 1. The van der Waals surface area contributed by atoms with E-state index in [0.29, 0.717) is 34.0 Å². The maximum Gasteiger partial charge on any atom is 0.326 e. The van der Waals surface area contributed by atoms with E-state index in [0.717, 1.165) is 6.42 Å². The minimum atomic E-state index is -1.00. The van der Waals surface area contributed by atoms with Gasteiger partial charge in [0.2, 0.25) is 4.91 Å². The summed E-state index contributed by atoms with van der Waals surface area (Å²) in [6.45, 7) is 1.97. The second kappa shape index (κ2) is 6.63. The van der Waals surface area contributed by atoms with E-state index in [4.69, 9.17) is 17.1 Å². The van der Waals surface area contributed by atoms with E-state index in [2.05, 4.69) is 10.0 Å². The first-order chi connectivity index (χ1) is 12.0. The molecule has 1 aliphatic rings. The normalized spacial score (nSPS) is 18.5. The Hall–Kier alpha value is -2.76. The van der Waals surface area contributed by atoms with Gasteiger partial charge in [0, 0.05) is 28.3 Å². The Morgan fingerprint density at radius 1 is 1.44 bits per heavy atom. The van der Waals surface area contributed by atoms with E-state index in [9.17, 15) is 14.7 Å². The maximum absolute atomic E-state index is 12.6. The number of hydrogen-bond donors (Lipinski definition) is 2. The summed E-state index contributed by atoms with van der Waals surface area (Å²) < 4.78 is 1.36. The smallest absolute Gasteiger partial charge is 0.326 e. The van der Waals surface area contributed by atoms with Crippen molar-refractivity contribution in [3.05, 3.63) is 51.4 Å². The monoisotopic (exact) mass is 359 g/mol. The van der Waals surface area contributed by atoms with Crippen LogP contribution in [0.4, 0.5) is 5.69 Å². The molecule has 0 saturated heterocycles. The number of hydrogen-bond acceptors (Lipinski definition) is 4. The van der Waals surface area contributed by atoms with Crippen LogP contribution in [0.5, 0.6) is 0 Å². The van der Waals surface area contributed by atoms with Gasteiger partial charge in [-0.25, -0.2) is 4.79 Å². The van der Waals surface area contributed by atoms with Crippen LogP contribution in [0.3, 0.4) is 0 Å². The molecular weight excluding hydrogens is 344 g/mol. The number of rotatable bonds is 4. The Morgan fingerprint density at radius 2 is 2.20 bits per heavy atom. The molecule has 1 unspecified atom stereocenters. The molecule has 0 spiro atoms. The molecule has 3 rings (SSSR count). The highest BCUT2D eigenvalue weighted by Crippen LogP contribution is 2.40. The predicted molar refractivity (Wildman–Crippen MR) is 92.4 cm³/mol. The standard InChI is InChI=1S/C17H15ClN4O3/c1-2-9-5-15(17(24)25)22-14(9)6-10(7-16(22)23)12-8-11(18)3-4-13(12)20-21-19/h3-4,6-9,15,19H,2,5H2,1H3/p+1/t9?,15-/m0/s1. The molecule has 1 aromatic carbocycles. The van der Waals surface area contributed by atoms with Crippen LogP contribution in [0.1, 0.15) is 37.4 Å². The Labute approximate surface area is 148 Å². The van der Waals surface area contributed by atoms with Gasteiger partial charge in [0.1, 0.15) is 11.6 Å². The molecule has 25 heavy (non-hydrogen) atoms. The zero-order valence-electron chi connectivity index (χ0n) is 13.4. The lowest BCUT2D eigenvalue weighted by Gasteiger charge is -2.12. The van der Waals surface area contributed by atoms with Gasteiger partial charge in [-0.15, -0.1) is 0 Å². The molecule has 0 amide bonds. The number of halogens is 1. The number of nitrogens with one attached hydrogen (secondary N) is 1. The van der Waals surface area contributed by atoms with Crippen LogP contribution in [-0.2, 0) is 4.79 Å². The molecule has 1 aromatic heterocycles. The third-order valence-electron chi connectivity index (χ3n) is 4.54. The summed E-state index contributed by atoms with van der Waals surface area (Å²) in [6.07, 6.45) is 1.14. The first kappa shape index (κ1) is 17.1. The minimum Gasteiger partial charge on any atom is -0.480 e. The van der Waals surface area contributed by atoms with Gasteiger partial charge in [-0.2, -0.15) is 0 Å². The van der Waals surface area contributed by atoms with E-state index in [1.807, 2.05) is 13.0 Å². The quantitative estimate of drug-likeness (QED) is 0.638. The van der Waals surface area contributed by atoms with E-state index in [1.54, 1.807) is 18.2 Å². The molecule has 1 aliphatic heterocycles. The lowest BCUT2D eigenvalue weighted by Crippen LogP contribution is -2.27. The van der Waals surface area contributed by atoms with Crippen LogP contribution in [0.25, 0.3) is 11.1 Å². The molecule has 2 N–H and O–H groups in total. The topological polar surface area (TPSA) is 110 Å². The van der Waals surface area contributed by atoms with Crippen molar-refractivity contribution in [1.29, 1.82) is 5.53 Å². The van der Waals surface area contributed by atoms with Crippen molar-refractivity contribution in [2.45, 2.75) is 31.7 Å². The zero-order chi connectivity index (χ0) is 18.1. The number of nitrogens with zero attached hydrogens (tertiary/aromatic N) is 3. The highest BCUT2D eigenvalue weighted by atomic mass is 35.5. The van der Waals surface area contributed by atoms with Crippen LogP contribution < -0.4 is 10.5 Å². The van der Waals surface area contributed by atoms with Gasteiger partial charge in [-0.3, -0.25) is 9.36 Å². The van der Waals surface area contributed by atoms with Crippen molar-refractivity contribution >= 4 is 23.3 Å². The van der Waals surface area contributed by atoms with Crippen molar-refractivity contribution in [2.75, 3.05) is 0 Å². The van der Waals surface area contributed by atoms with Gasteiger partial charge in [0.15, 0.2) is 10.8 Å². The summed E-state index contributed by atoms with van der Waals surface area (Å²) >= 11 is 6.06. The van der Waals surface area contributed by atoms with Gasteiger partial charge in [-0.1, -0.05) is 18.5 Å². The van der Waals surface area contributed by atoms with E-state index in [1.165, 1.54) is 10.6 Å². The van der Waals surface area contributed by atoms with Crippen LogP contribution in [-0.4, -0.2) is 15.6 Å². The molecule has 7 nitrogen and oxygen atoms in total. The number of fused-ring (bicyclic) bond motifs is 1. The molecule has 2 atom stereocenters. The van der Waals surface area contributed by atoms with E-state index < -0.39 is 12.0 Å². The van der Waals surface area contributed by atoms with Gasteiger partial charge < -0.3 is 5.11 Å². The highest BCUT2D eigenvalue weighted by molar-refractivity contribution is 6.31. The van der Waals surface area contributed by atoms with Crippen LogP contribution in [0.2, 0.25) is 5.02 Å². The molecule has 0 aliphatic carbocycles. The lowest BCUT2D eigenvalue weighted by atomic mass is 9.96. The molecule has 0 saturated carbocycles. The number of benzene rings is 1. The maximum atomic E-state index is 12.6. The van der Waals surface area contributed by atoms with E-state index >= 15 is 0 Å². The summed E-state index contributed by atoms with van der Waals surface area (Å²) in [5.74, 6) is -1.01. The largest absolute Gasteiger partial charge is 0.480 e. The number of carbonyl (C=O) groups is 1. The fourth-order valence-electron chi connectivity index (χ4n) is 3.37. The molecule has 128 valence electrons. The molecule has 0 fully saturated rings. The number of carboxylic acids is 1. The second-order valence-corrected chi connectivity index (χ2v) is 6.37. The van der Waals surface area contributed by atoms with Gasteiger partial charge in [0.05, 0.1) is 0 Å². The van der Waals surface area contributed by atoms with Crippen molar-refractivity contribution in [2.24, 2.45) is 5.11 Å². The Bertz CT molecular complexity index is 963. The zero-order valence-corrected chi connectivity index (χ0v) is 14.2. The second-order valence-electron chi connectivity index (χ2n) is 5.93. The third-order valence-corrected chi connectivity index (χ3v) is 4.78. The molecule has 8 heteroatoms. The van der Waals surface area contributed by atoms with Crippen LogP contribution >= 0.6 is 11.6 Å². The fourth-order valence-corrected chi connectivity index (χ4v) is 3.54. The first-order valence-corrected chi connectivity index (χ1v) is 8.20.